The number of benzene rings is 2. The van der Waals surface area contributed by atoms with E-state index in [2.05, 4.69) is 10.6 Å². The van der Waals surface area contributed by atoms with E-state index < -0.39 is 11.9 Å². The van der Waals surface area contributed by atoms with Crippen LogP contribution < -0.4 is 30.6 Å². The van der Waals surface area contributed by atoms with Gasteiger partial charge in [0.05, 0.1) is 21.3 Å². The Morgan fingerprint density at radius 1 is 0.960 bits per heavy atom. The molecule has 0 aliphatic rings. The topological polar surface area (TPSA) is 112 Å². The predicted molar refractivity (Wildman–Crippen MR) is 93.4 cm³/mol. The molecule has 0 aliphatic heterocycles. The zero-order chi connectivity index (χ0) is 18.4. The number of hydrogen-bond donors (Lipinski definition) is 3. The zero-order valence-electron chi connectivity index (χ0n) is 14.1. The monoisotopic (exact) mass is 345 g/mol. The van der Waals surface area contributed by atoms with Gasteiger partial charge in [-0.05, 0) is 30.3 Å². The third kappa shape index (κ3) is 4.31. The molecule has 0 fully saturated rings. The number of carbonyl (C=O) groups excluding carboxylic acids is 2. The number of rotatable bonds is 5. The molecule has 2 rings (SSSR count). The Balaban J connectivity index is 2.16. The maximum Gasteiger partial charge on any atom is 0.326 e. The lowest BCUT2D eigenvalue weighted by Crippen LogP contribution is -2.34. The Labute approximate surface area is 144 Å². The first kappa shape index (κ1) is 17.9. The van der Waals surface area contributed by atoms with Crippen LogP contribution in [0.15, 0.2) is 36.4 Å². The van der Waals surface area contributed by atoms with Crippen molar-refractivity contribution in [2.24, 2.45) is 0 Å². The van der Waals surface area contributed by atoms with Gasteiger partial charge in [-0.25, -0.2) is 4.79 Å². The fourth-order valence-corrected chi connectivity index (χ4v) is 2.17. The number of hydrogen-bond acceptors (Lipinski definition) is 6. The summed E-state index contributed by atoms with van der Waals surface area (Å²) >= 11 is 0. The maximum atomic E-state index is 12.3. The van der Waals surface area contributed by atoms with E-state index >= 15 is 0 Å². The SMILES string of the molecule is COc1cc(C(=O)NC(=O)Nc2cccc(N)c2)cc(OC)c1OC. The van der Waals surface area contributed by atoms with Crippen molar-refractivity contribution in [1.82, 2.24) is 5.32 Å². The van der Waals surface area contributed by atoms with Crippen LogP contribution in [-0.2, 0) is 0 Å². The number of nitrogens with two attached hydrogens (primary N) is 1. The van der Waals surface area contributed by atoms with Crippen molar-refractivity contribution >= 4 is 23.3 Å². The maximum absolute atomic E-state index is 12.3. The van der Waals surface area contributed by atoms with E-state index in [1.165, 1.54) is 33.5 Å². The Kier molecular flexibility index (Phi) is 5.67. The highest BCUT2D eigenvalue weighted by Gasteiger charge is 2.18. The summed E-state index contributed by atoms with van der Waals surface area (Å²) in [7, 11) is 4.33. The minimum Gasteiger partial charge on any atom is -0.493 e. The van der Waals surface area contributed by atoms with E-state index in [1.54, 1.807) is 24.3 Å². The van der Waals surface area contributed by atoms with Gasteiger partial charge < -0.3 is 25.3 Å². The third-order valence-corrected chi connectivity index (χ3v) is 3.30. The second-order valence-corrected chi connectivity index (χ2v) is 4.95. The predicted octanol–water partition coefficient (Wildman–Crippen LogP) is 2.26. The average Bonchev–Trinajstić information content (AvgIpc) is 2.60. The van der Waals surface area contributed by atoms with Gasteiger partial charge in [-0.1, -0.05) is 6.07 Å². The van der Waals surface area contributed by atoms with Crippen molar-refractivity contribution in [2.45, 2.75) is 0 Å². The number of nitrogen functional groups attached to an aromatic ring is 1. The molecule has 0 unspecified atom stereocenters. The molecule has 0 aliphatic carbocycles. The van der Waals surface area contributed by atoms with Crippen LogP contribution in [0.5, 0.6) is 17.2 Å². The smallest absolute Gasteiger partial charge is 0.326 e. The highest BCUT2D eigenvalue weighted by atomic mass is 16.5. The summed E-state index contributed by atoms with van der Waals surface area (Å²) < 4.78 is 15.6. The molecule has 0 saturated heterocycles. The summed E-state index contributed by atoms with van der Waals surface area (Å²) in [6.45, 7) is 0. The van der Waals surface area contributed by atoms with E-state index in [0.717, 1.165) is 0 Å². The van der Waals surface area contributed by atoms with Crippen molar-refractivity contribution in [1.29, 1.82) is 0 Å². The number of carbonyl (C=O) groups is 2. The summed E-state index contributed by atoms with van der Waals surface area (Å²) in [5.41, 5.74) is 6.78. The summed E-state index contributed by atoms with van der Waals surface area (Å²) in [6.07, 6.45) is 0. The quantitative estimate of drug-likeness (QED) is 0.717. The first-order valence-electron chi connectivity index (χ1n) is 7.26. The number of methoxy groups -OCH3 is 3. The van der Waals surface area contributed by atoms with Gasteiger partial charge >= 0.3 is 6.03 Å². The minimum absolute atomic E-state index is 0.178. The molecule has 0 bridgehead atoms. The molecular weight excluding hydrogens is 326 g/mol. The van der Waals surface area contributed by atoms with Crippen LogP contribution in [0.1, 0.15) is 10.4 Å². The van der Waals surface area contributed by atoms with E-state index in [-0.39, 0.29) is 5.56 Å². The van der Waals surface area contributed by atoms with Gasteiger partial charge in [0.1, 0.15) is 0 Å². The molecular formula is C17H19N3O5. The lowest BCUT2D eigenvalue weighted by atomic mass is 10.1. The van der Waals surface area contributed by atoms with Crippen LogP contribution in [-0.4, -0.2) is 33.3 Å². The zero-order valence-corrected chi connectivity index (χ0v) is 14.1. The molecule has 2 aromatic carbocycles. The van der Waals surface area contributed by atoms with Crippen LogP contribution in [0.2, 0.25) is 0 Å². The lowest BCUT2D eigenvalue weighted by molar-refractivity contribution is 0.0966. The van der Waals surface area contributed by atoms with Gasteiger partial charge in [0.15, 0.2) is 11.5 Å². The van der Waals surface area contributed by atoms with Gasteiger partial charge in [-0.3, -0.25) is 10.1 Å². The number of imide groups is 1. The van der Waals surface area contributed by atoms with Crippen LogP contribution in [0.4, 0.5) is 16.2 Å². The van der Waals surface area contributed by atoms with Crippen molar-refractivity contribution in [3.63, 3.8) is 0 Å². The van der Waals surface area contributed by atoms with E-state index in [4.69, 9.17) is 19.9 Å². The molecule has 0 radical (unpaired) electrons. The van der Waals surface area contributed by atoms with Gasteiger partial charge in [0, 0.05) is 16.9 Å². The lowest BCUT2D eigenvalue weighted by Gasteiger charge is -2.14. The van der Waals surface area contributed by atoms with Gasteiger partial charge in [0.25, 0.3) is 5.91 Å². The Morgan fingerprint density at radius 2 is 1.60 bits per heavy atom. The van der Waals surface area contributed by atoms with E-state index in [9.17, 15) is 9.59 Å². The van der Waals surface area contributed by atoms with E-state index in [0.29, 0.717) is 28.6 Å². The Bertz CT molecular complexity index is 767. The van der Waals surface area contributed by atoms with Crippen LogP contribution in [0.25, 0.3) is 0 Å². The summed E-state index contributed by atoms with van der Waals surface area (Å²) in [4.78, 5) is 24.3. The van der Waals surface area contributed by atoms with Crippen molar-refractivity contribution < 1.29 is 23.8 Å². The highest BCUT2D eigenvalue weighted by molar-refractivity contribution is 6.08. The van der Waals surface area contributed by atoms with Gasteiger partial charge in [0.2, 0.25) is 5.75 Å². The molecule has 0 heterocycles. The van der Waals surface area contributed by atoms with E-state index in [1.807, 2.05) is 0 Å². The Hall–Kier alpha value is -3.42. The molecule has 2 aromatic rings. The largest absolute Gasteiger partial charge is 0.493 e. The molecule has 8 nitrogen and oxygen atoms in total. The first-order chi connectivity index (χ1) is 12.0. The molecule has 25 heavy (non-hydrogen) atoms. The fourth-order valence-electron chi connectivity index (χ4n) is 2.17. The molecule has 0 spiro atoms. The molecule has 0 aromatic heterocycles. The van der Waals surface area contributed by atoms with Crippen molar-refractivity contribution in [3.05, 3.63) is 42.0 Å². The molecule has 0 atom stereocenters. The summed E-state index contributed by atoms with van der Waals surface area (Å²) in [6, 6.07) is 8.80. The second kappa shape index (κ2) is 7.91. The van der Waals surface area contributed by atoms with Crippen LogP contribution in [0, 0.1) is 0 Å². The molecule has 0 saturated carbocycles. The summed E-state index contributed by atoms with van der Waals surface area (Å²) in [5.74, 6) is 0.345. The minimum atomic E-state index is -0.690. The molecule has 132 valence electrons. The normalized spacial score (nSPS) is 9.88. The number of nitrogens with one attached hydrogen (secondary N) is 2. The molecule has 8 heteroatoms. The Morgan fingerprint density at radius 3 is 2.12 bits per heavy atom. The summed E-state index contributed by atoms with van der Waals surface area (Å²) in [5, 5.41) is 4.75. The molecule has 4 N–H and O–H groups in total. The number of urea groups is 1. The number of anilines is 2. The standard InChI is InChI=1S/C17H19N3O5/c1-23-13-7-10(8-14(24-2)15(13)25-3)16(21)20-17(22)19-12-6-4-5-11(18)9-12/h4-9H,18H2,1-3H3,(H2,19,20,21,22). The fraction of sp³-hybridized carbons (Fsp3) is 0.176. The second-order valence-electron chi connectivity index (χ2n) is 4.95. The average molecular weight is 345 g/mol. The third-order valence-electron chi connectivity index (χ3n) is 3.30. The number of ether oxygens (including phenoxy) is 3. The first-order valence-corrected chi connectivity index (χ1v) is 7.26. The van der Waals surface area contributed by atoms with Crippen molar-refractivity contribution in [2.75, 3.05) is 32.4 Å². The van der Waals surface area contributed by atoms with Gasteiger partial charge in [-0.2, -0.15) is 0 Å². The van der Waals surface area contributed by atoms with Crippen LogP contribution in [0.3, 0.4) is 0 Å². The molecule has 3 amide bonds. The number of amides is 3. The highest BCUT2D eigenvalue weighted by Crippen LogP contribution is 2.38. The van der Waals surface area contributed by atoms with Crippen molar-refractivity contribution in [3.8, 4) is 17.2 Å². The van der Waals surface area contributed by atoms with Crippen LogP contribution >= 0.6 is 0 Å². The van der Waals surface area contributed by atoms with Gasteiger partial charge in [-0.15, -0.1) is 0 Å².